The molecule has 2 aromatic rings. The second-order valence-electron chi connectivity index (χ2n) is 5.75. The second-order valence-corrected chi connectivity index (χ2v) is 5.75. The van der Waals surface area contributed by atoms with Crippen LogP contribution in [-0.2, 0) is 4.79 Å². The van der Waals surface area contributed by atoms with Gasteiger partial charge in [-0.15, -0.1) is 0 Å². The van der Waals surface area contributed by atoms with E-state index in [9.17, 15) is 4.79 Å². The van der Waals surface area contributed by atoms with Gasteiger partial charge >= 0.3 is 0 Å². The fourth-order valence-electron chi connectivity index (χ4n) is 2.44. The van der Waals surface area contributed by atoms with E-state index in [0.717, 1.165) is 16.9 Å². The van der Waals surface area contributed by atoms with Crippen LogP contribution in [-0.4, -0.2) is 38.6 Å². The van der Waals surface area contributed by atoms with Crippen LogP contribution in [0.4, 0.5) is 0 Å². The van der Waals surface area contributed by atoms with Crippen molar-refractivity contribution < 1.29 is 9.53 Å². The van der Waals surface area contributed by atoms with Gasteiger partial charge in [0.25, 0.3) is 0 Å². The monoisotopic (exact) mass is 324 g/mol. The lowest BCUT2D eigenvalue weighted by molar-refractivity contribution is -0.116. The Hall–Kier alpha value is -2.59. The maximum absolute atomic E-state index is 12.1. The van der Waals surface area contributed by atoms with Crippen LogP contribution >= 0.6 is 0 Å². The molecule has 0 bridgehead atoms. The molecule has 1 unspecified atom stereocenters. The van der Waals surface area contributed by atoms with Crippen LogP contribution in [0.5, 0.6) is 5.75 Å². The highest BCUT2D eigenvalue weighted by Crippen LogP contribution is 2.22. The van der Waals surface area contributed by atoms with Crippen molar-refractivity contribution in [3.8, 4) is 5.75 Å². The summed E-state index contributed by atoms with van der Waals surface area (Å²) in [7, 11) is 5.64. The number of nitrogens with one attached hydrogen (secondary N) is 1. The molecular formula is C20H24N2O2. The van der Waals surface area contributed by atoms with Crippen LogP contribution in [0.1, 0.15) is 17.2 Å². The zero-order valence-electron chi connectivity index (χ0n) is 14.4. The molecule has 1 atom stereocenters. The van der Waals surface area contributed by atoms with Crippen LogP contribution in [0.25, 0.3) is 6.08 Å². The standard InChI is InChI=1S/C20H24N2O2/c1-22(2)19(17-10-7-11-18(14-17)24-3)15-21-20(23)13-12-16-8-5-4-6-9-16/h4-14,19H,15H2,1-3H3,(H,21,23). The average Bonchev–Trinajstić information content (AvgIpc) is 2.61. The molecule has 2 aromatic carbocycles. The number of ether oxygens (including phenoxy) is 1. The molecule has 1 N–H and O–H groups in total. The Labute approximate surface area is 143 Å². The van der Waals surface area contributed by atoms with Crippen LogP contribution in [0.3, 0.4) is 0 Å². The Balaban J connectivity index is 1.98. The number of methoxy groups -OCH3 is 1. The Kier molecular flexibility index (Phi) is 6.58. The van der Waals surface area contributed by atoms with E-state index in [2.05, 4.69) is 10.2 Å². The van der Waals surface area contributed by atoms with E-state index in [1.54, 1.807) is 13.2 Å². The predicted molar refractivity (Wildman–Crippen MR) is 97.9 cm³/mol. The number of carbonyl (C=O) groups is 1. The third-order valence-electron chi connectivity index (χ3n) is 3.80. The number of benzene rings is 2. The molecule has 4 heteroatoms. The molecular weight excluding hydrogens is 300 g/mol. The zero-order valence-corrected chi connectivity index (χ0v) is 14.4. The number of hydrogen-bond acceptors (Lipinski definition) is 3. The van der Waals surface area contributed by atoms with Crippen LogP contribution in [0.15, 0.2) is 60.7 Å². The molecule has 1 amide bonds. The van der Waals surface area contributed by atoms with E-state index in [-0.39, 0.29) is 11.9 Å². The summed E-state index contributed by atoms with van der Waals surface area (Å²) in [6, 6.07) is 17.8. The highest BCUT2D eigenvalue weighted by Gasteiger charge is 2.15. The molecule has 0 saturated heterocycles. The lowest BCUT2D eigenvalue weighted by Crippen LogP contribution is -2.33. The quantitative estimate of drug-likeness (QED) is 0.796. The van der Waals surface area contributed by atoms with E-state index in [1.807, 2.05) is 74.8 Å². The largest absolute Gasteiger partial charge is 0.497 e. The van der Waals surface area contributed by atoms with Crippen molar-refractivity contribution in [1.82, 2.24) is 10.2 Å². The SMILES string of the molecule is COc1cccc(C(CNC(=O)C=Cc2ccccc2)N(C)C)c1. The van der Waals surface area contributed by atoms with Crippen LogP contribution in [0, 0.1) is 0 Å². The third-order valence-corrected chi connectivity index (χ3v) is 3.80. The zero-order chi connectivity index (χ0) is 17.4. The number of hydrogen-bond donors (Lipinski definition) is 1. The van der Waals surface area contributed by atoms with Crippen LogP contribution in [0.2, 0.25) is 0 Å². The molecule has 0 radical (unpaired) electrons. The summed E-state index contributed by atoms with van der Waals surface area (Å²) < 4.78 is 5.28. The summed E-state index contributed by atoms with van der Waals surface area (Å²) in [5.74, 6) is 0.711. The minimum Gasteiger partial charge on any atom is -0.497 e. The number of amides is 1. The fraction of sp³-hybridized carbons (Fsp3) is 0.250. The van der Waals surface area contributed by atoms with Crippen molar-refractivity contribution in [2.75, 3.05) is 27.7 Å². The minimum atomic E-state index is -0.103. The maximum atomic E-state index is 12.1. The Morgan fingerprint density at radius 3 is 2.58 bits per heavy atom. The van der Waals surface area contributed by atoms with Crippen molar-refractivity contribution in [1.29, 1.82) is 0 Å². The van der Waals surface area contributed by atoms with E-state index in [0.29, 0.717) is 6.54 Å². The first-order valence-electron chi connectivity index (χ1n) is 7.91. The summed E-state index contributed by atoms with van der Waals surface area (Å²) in [5, 5.41) is 2.96. The third kappa shape index (κ3) is 5.25. The molecule has 0 fully saturated rings. The first-order chi connectivity index (χ1) is 11.6. The second kappa shape index (κ2) is 8.89. The Morgan fingerprint density at radius 2 is 1.92 bits per heavy atom. The highest BCUT2D eigenvalue weighted by molar-refractivity contribution is 5.91. The Morgan fingerprint density at radius 1 is 1.17 bits per heavy atom. The average molecular weight is 324 g/mol. The van der Waals surface area contributed by atoms with Gasteiger partial charge in [0.15, 0.2) is 0 Å². The molecule has 126 valence electrons. The van der Waals surface area contributed by atoms with Gasteiger partial charge in [-0.25, -0.2) is 0 Å². The molecule has 24 heavy (non-hydrogen) atoms. The van der Waals surface area contributed by atoms with Gasteiger partial charge in [0, 0.05) is 12.6 Å². The van der Waals surface area contributed by atoms with Gasteiger partial charge in [-0.2, -0.15) is 0 Å². The number of rotatable bonds is 7. The molecule has 0 aliphatic carbocycles. The smallest absolute Gasteiger partial charge is 0.244 e. The van der Waals surface area contributed by atoms with Gasteiger partial charge < -0.3 is 15.0 Å². The molecule has 0 aliphatic heterocycles. The molecule has 2 rings (SSSR count). The van der Waals surface area contributed by atoms with Gasteiger partial charge in [0.1, 0.15) is 5.75 Å². The van der Waals surface area contributed by atoms with E-state index in [1.165, 1.54) is 0 Å². The lowest BCUT2D eigenvalue weighted by atomic mass is 10.1. The summed E-state index contributed by atoms with van der Waals surface area (Å²) in [4.78, 5) is 14.1. The molecule has 0 saturated carbocycles. The molecule has 0 aliphatic rings. The van der Waals surface area contributed by atoms with Crippen molar-refractivity contribution >= 4 is 12.0 Å². The predicted octanol–water partition coefficient (Wildman–Crippen LogP) is 3.13. The maximum Gasteiger partial charge on any atom is 0.244 e. The molecule has 4 nitrogen and oxygen atoms in total. The number of carbonyl (C=O) groups excluding carboxylic acids is 1. The summed E-state index contributed by atoms with van der Waals surface area (Å²) >= 11 is 0. The van der Waals surface area contributed by atoms with Gasteiger partial charge in [-0.05, 0) is 43.4 Å². The Bertz CT molecular complexity index is 681. The first kappa shape index (κ1) is 17.8. The van der Waals surface area contributed by atoms with Crippen LogP contribution < -0.4 is 10.1 Å². The molecule has 0 heterocycles. The van der Waals surface area contributed by atoms with Crippen molar-refractivity contribution in [3.63, 3.8) is 0 Å². The van der Waals surface area contributed by atoms with E-state index in [4.69, 9.17) is 4.74 Å². The normalized spacial score (nSPS) is 12.3. The van der Waals surface area contributed by atoms with Gasteiger partial charge in [-0.1, -0.05) is 42.5 Å². The van der Waals surface area contributed by atoms with Crippen molar-refractivity contribution in [3.05, 3.63) is 71.8 Å². The van der Waals surface area contributed by atoms with Crippen molar-refractivity contribution in [2.45, 2.75) is 6.04 Å². The summed E-state index contributed by atoms with van der Waals surface area (Å²) in [6.45, 7) is 0.526. The lowest BCUT2D eigenvalue weighted by Gasteiger charge is -2.25. The van der Waals surface area contributed by atoms with Crippen molar-refractivity contribution in [2.24, 2.45) is 0 Å². The van der Waals surface area contributed by atoms with Gasteiger partial charge in [0.05, 0.1) is 13.2 Å². The van der Waals surface area contributed by atoms with E-state index < -0.39 is 0 Å². The minimum absolute atomic E-state index is 0.0779. The topological polar surface area (TPSA) is 41.6 Å². The highest BCUT2D eigenvalue weighted by atomic mass is 16.5. The fourth-order valence-corrected chi connectivity index (χ4v) is 2.44. The summed E-state index contributed by atoms with van der Waals surface area (Å²) in [5.41, 5.74) is 2.11. The number of nitrogens with zero attached hydrogens (tertiary/aromatic N) is 1. The first-order valence-corrected chi connectivity index (χ1v) is 7.91. The molecule has 0 aromatic heterocycles. The summed E-state index contributed by atoms with van der Waals surface area (Å²) in [6.07, 6.45) is 3.37. The van der Waals surface area contributed by atoms with Gasteiger partial charge in [-0.3, -0.25) is 4.79 Å². The molecule has 0 spiro atoms. The number of likely N-dealkylation sites (N-methyl/N-ethyl adjacent to an activating group) is 1. The van der Waals surface area contributed by atoms with Gasteiger partial charge in [0.2, 0.25) is 5.91 Å². The van der Waals surface area contributed by atoms with E-state index >= 15 is 0 Å².